The van der Waals surface area contributed by atoms with Gasteiger partial charge in [-0.05, 0) is 44.2 Å². The molecule has 0 aliphatic rings. The highest BCUT2D eigenvalue weighted by molar-refractivity contribution is 7.09. The average molecular weight is 349 g/mol. The van der Waals surface area contributed by atoms with Crippen molar-refractivity contribution < 1.29 is 19.4 Å². The molecule has 0 aliphatic heterocycles. The van der Waals surface area contributed by atoms with Crippen LogP contribution in [0.1, 0.15) is 40.0 Å². The molecule has 5 nitrogen and oxygen atoms in total. The number of Topliss-reactive ketones (excluding diaryl/α,β-unsaturated/α-hetero) is 1. The van der Waals surface area contributed by atoms with Gasteiger partial charge in [-0.15, -0.1) is 11.3 Å². The number of ether oxygens (including phenoxy) is 1. The SMILES string of the molecule is CC[C@@H](O)C(=O)OCC(=O)c1cc(C)n(CCc2cccs2)c1C. The molecule has 0 saturated heterocycles. The number of carbonyl (C=O) groups is 2. The van der Waals surface area contributed by atoms with E-state index in [-0.39, 0.29) is 18.8 Å². The van der Waals surface area contributed by atoms with Gasteiger partial charge >= 0.3 is 5.97 Å². The van der Waals surface area contributed by atoms with Crippen LogP contribution in [0.2, 0.25) is 0 Å². The number of ketones is 1. The molecule has 0 aromatic carbocycles. The van der Waals surface area contributed by atoms with Crippen LogP contribution in [-0.4, -0.2) is 34.1 Å². The van der Waals surface area contributed by atoms with E-state index in [2.05, 4.69) is 16.0 Å². The monoisotopic (exact) mass is 349 g/mol. The number of hydrogen-bond donors (Lipinski definition) is 1. The number of thiophene rings is 1. The van der Waals surface area contributed by atoms with Crippen molar-refractivity contribution in [2.75, 3.05) is 6.61 Å². The van der Waals surface area contributed by atoms with E-state index in [0.717, 1.165) is 24.4 Å². The molecule has 6 heteroatoms. The zero-order chi connectivity index (χ0) is 17.7. The molecule has 0 saturated carbocycles. The Morgan fingerprint density at radius 2 is 2.12 bits per heavy atom. The highest BCUT2D eigenvalue weighted by Gasteiger charge is 2.19. The number of aliphatic hydroxyl groups excluding tert-OH is 1. The molecule has 130 valence electrons. The molecule has 0 aliphatic carbocycles. The number of aromatic nitrogens is 1. The quantitative estimate of drug-likeness (QED) is 0.588. The Balaban J connectivity index is 2.01. The number of rotatable bonds is 8. The third kappa shape index (κ3) is 4.33. The van der Waals surface area contributed by atoms with E-state index >= 15 is 0 Å². The average Bonchev–Trinajstić information content (AvgIpc) is 3.18. The van der Waals surface area contributed by atoms with E-state index in [1.54, 1.807) is 18.3 Å². The minimum Gasteiger partial charge on any atom is -0.455 e. The second-order valence-corrected chi connectivity index (χ2v) is 6.75. The van der Waals surface area contributed by atoms with Gasteiger partial charge in [-0.3, -0.25) is 4.79 Å². The lowest BCUT2D eigenvalue weighted by molar-refractivity contribution is -0.152. The summed E-state index contributed by atoms with van der Waals surface area (Å²) in [5, 5.41) is 11.4. The van der Waals surface area contributed by atoms with Crippen molar-refractivity contribution in [2.45, 2.75) is 46.3 Å². The molecule has 0 amide bonds. The van der Waals surface area contributed by atoms with Gasteiger partial charge < -0.3 is 14.4 Å². The van der Waals surface area contributed by atoms with E-state index in [9.17, 15) is 14.7 Å². The zero-order valence-electron chi connectivity index (χ0n) is 14.2. The van der Waals surface area contributed by atoms with Crippen LogP contribution >= 0.6 is 11.3 Å². The van der Waals surface area contributed by atoms with Gasteiger partial charge in [0, 0.05) is 28.4 Å². The van der Waals surface area contributed by atoms with Gasteiger partial charge in [0.1, 0.15) is 0 Å². The van der Waals surface area contributed by atoms with Gasteiger partial charge in [-0.1, -0.05) is 13.0 Å². The molecule has 0 fully saturated rings. The molecule has 2 heterocycles. The maximum atomic E-state index is 12.3. The van der Waals surface area contributed by atoms with Gasteiger partial charge in [0.2, 0.25) is 5.78 Å². The predicted molar refractivity (Wildman–Crippen MR) is 93.5 cm³/mol. The lowest BCUT2D eigenvalue weighted by Gasteiger charge is -2.10. The highest BCUT2D eigenvalue weighted by Crippen LogP contribution is 2.18. The molecular formula is C18H23NO4S. The first-order valence-corrected chi connectivity index (χ1v) is 8.89. The topological polar surface area (TPSA) is 68.5 Å². The number of carbonyl (C=O) groups excluding carboxylic acids is 2. The lowest BCUT2D eigenvalue weighted by Crippen LogP contribution is -2.25. The fourth-order valence-corrected chi connectivity index (χ4v) is 3.28. The Bertz CT molecular complexity index is 703. The van der Waals surface area contributed by atoms with E-state index in [1.807, 2.05) is 26.0 Å². The van der Waals surface area contributed by atoms with Gasteiger partial charge in [0.25, 0.3) is 0 Å². The summed E-state index contributed by atoms with van der Waals surface area (Å²) in [5.74, 6) is -1.00. The fourth-order valence-electron chi connectivity index (χ4n) is 2.58. The summed E-state index contributed by atoms with van der Waals surface area (Å²) in [6.07, 6.45) is 0.0138. The third-order valence-electron chi connectivity index (χ3n) is 4.04. The van der Waals surface area contributed by atoms with Crippen LogP contribution in [0.25, 0.3) is 0 Å². The molecule has 0 unspecified atom stereocenters. The van der Waals surface area contributed by atoms with Crippen LogP contribution < -0.4 is 0 Å². The maximum Gasteiger partial charge on any atom is 0.335 e. The molecular weight excluding hydrogens is 326 g/mol. The Labute approximate surface area is 145 Å². The molecule has 0 bridgehead atoms. The summed E-state index contributed by atoms with van der Waals surface area (Å²) in [6.45, 7) is 6.00. The number of aliphatic hydroxyl groups is 1. The Kier molecular flexibility index (Phi) is 6.34. The van der Waals surface area contributed by atoms with Gasteiger partial charge in [0.15, 0.2) is 12.7 Å². The van der Waals surface area contributed by atoms with Gasteiger partial charge in [-0.25, -0.2) is 4.79 Å². The standard InChI is InChI=1S/C18H23NO4S/c1-4-16(20)18(22)23-11-17(21)15-10-12(2)19(13(15)3)8-7-14-6-5-9-24-14/h5-6,9-10,16,20H,4,7-8,11H2,1-3H3/t16-/m1/s1. The van der Waals surface area contributed by atoms with Crippen LogP contribution in [0.5, 0.6) is 0 Å². The normalized spacial score (nSPS) is 12.2. The summed E-state index contributed by atoms with van der Waals surface area (Å²) in [5.41, 5.74) is 2.45. The van der Waals surface area contributed by atoms with Gasteiger partial charge in [0.05, 0.1) is 0 Å². The fraction of sp³-hybridized carbons (Fsp3) is 0.444. The molecule has 2 aromatic heterocycles. The van der Waals surface area contributed by atoms with Crippen molar-refractivity contribution in [3.05, 3.63) is 45.4 Å². The molecule has 2 rings (SSSR count). The van der Waals surface area contributed by atoms with Crippen molar-refractivity contribution in [1.29, 1.82) is 0 Å². The summed E-state index contributed by atoms with van der Waals surface area (Å²) in [6, 6.07) is 5.96. The summed E-state index contributed by atoms with van der Waals surface area (Å²) >= 11 is 1.72. The molecule has 1 N–H and O–H groups in total. The first-order chi connectivity index (χ1) is 11.4. The molecule has 24 heavy (non-hydrogen) atoms. The van der Waals surface area contributed by atoms with Crippen LogP contribution in [0.4, 0.5) is 0 Å². The molecule has 1 atom stereocenters. The van der Waals surface area contributed by atoms with E-state index in [4.69, 9.17) is 4.74 Å². The Morgan fingerprint density at radius 1 is 1.38 bits per heavy atom. The summed E-state index contributed by atoms with van der Waals surface area (Å²) in [4.78, 5) is 25.1. The van der Waals surface area contributed by atoms with E-state index < -0.39 is 12.1 Å². The smallest absolute Gasteiger partial charge is 0.335 e. The lowest BCUT2D eigenvalue weighted by atomic mass is 10.1. The highest BCUT2D eigenvalue weighted by atomic mass is 32.1. The second-order valence-electron chi connectivity index (χ2n) is 5.72. The van der Waals surface area contributed by atoms with Crippen molar-refractivity contribution in [1.82, 2.24) is 4.57 Å². The Hall–Kier alpha value is -1.92. The first kappa shape index (κ1) is 18.4. The molecule has 2 aromatic rings. The van der Waals surface area contributed by atoms with Gasteiger partial charge in [-0.2, -0.15) is 0 Å². The van der Waals surface area contributed by atoms with E-state index in [1.165, 1.54) is 4.88 Å². The minimum atomic E-state index is -1.17. The number of hydrogen-bond acceptors (Lipinski definition) is 5. The second kappa shape index (κ2) is 8.26. The van der Waals surface area contributed by atoms with Crippen molar-refractivity contribution in [3.8, 4) is 0 Å². The van der Waals surface area contributed by atoms with Crippen LogP contribution in [0.3, 0.4) is 0 Å². The predicted octanol–water partition coefficient (Wildman–Crippen LogP) is 2.91. The largest absolute Gasteiger partial charge is 0.455 e. The minimum absolute atomic E-state index is 0.248. The van der Waals surface area contributed by atoms with E-state index in [0.29, 0.717) is 5.56 Å². The first-order valence-electron chi connectivity index (χ1n) is 8.01. The van der Waals surface area contributed by atoms with Crippen molar-refractivity contribution in [2.24, 2.45) is 0 Å². The van der Waals surface area contributed by atoms with Crippen LogP contribution in [0.15, 0.2) is 23.6 Å². The van der Waals surface area contributed by atoms with Crippen molar-refractivity contribution in [3.63, 3.8) is 0 Å². The van der Waals surface area contributed by atoms with Crippen molar-refractivity contribution >= 4 is 23.1 Å². The summed E-state index contributed by atoms with van der Waals surface area (Å²) < 4.78 is 6.99. The number of nitrogens with zero attached hydrogens (tertiary/aromatic N) is 1. The Morgan fingerprint density at radius 3 is 2.75 bits per heavy atom. The maximum absolute atomic E-state index is 12.3. The van der Waals surface area contributed by atoms with Crippen LogP contribution in [-0.2, 0) is 22.5 Å². The molecule has 0 radical (unpaired) electrons. The summed E-state index contributed by atoms with van der Waals surface area (Å²) in [7, 11) is 0. The number of aryl methyl sites for hydroxylation is 2. The molecule has 0 spiro atoms. The van der Waals surface area contributed by atoms with Crippen LogP contribution in [0, 0.1) is 13.8 Å². The number of esters is 1. The third-order valence-corrected chi connectivity index (χ3v) is 4.98. The zero-order valence-corrected chi connectivity index (χ0v) is 15.1.